The predicted molar refractivity (Wildman–Crippen MR) is 111 cm³/mol. The topological polar surface area (TPSA) is 115 Å². The van der Waals surface area contributed by atoms with Gasteiger partial charge in [-0.1, -0.05) is 18.2 Å². The van der Waals surface area contributed by atoms with Crippen molar-refractivity contribution in [3.05, 3.63) is 84.7 Å². The molecule has 8 heteroatoms. The quantitative estimate of drug-likeness (QED) is 0.542. The summed E-state index contributed by atoms with van der Waals surface area (Å²) in [7, 11) is -3.79. The first-order chi connectivity index (χ1) is 13.9. The van der Waals surface area contributed by atoms with Gasteiger partial charge in [0.05, 0.1) is 21.7 Å². The number of fused-ring (bicyclic) bond motifs is 1. The van der Waals surface area contributed by atoms with Crippen molar-refractivity contribution in [2.75, 3.05) is 5.32 Å². The van der Waals surface area contributed by atoms with E-state index < -0.39 is 10.0 Å². The highest BCUT2D eigenvalue weighted by Crippen LogP contribution is 2.25. The number of nitrogens with zero attached hydrogens (tertiary/aromatic N) is 2. The van der Waals surface area contributed by atoms with Crippen molar-refractivity contribution in [2.45, 2.75) is 4.90 Å². The van der Waals surface area contributed by atoms with Gasteiger partial charge in [-0.15, -0.1) is 0 Å². The molecule has 0 spiro atoms. The number of aromatic nitrogens is 2. The maximum absolute atomic E-state index is 13.0. The Labute approximate surface area is 167 Å². The van der Waals surface area contributed by atoms with Crippen LogP contribution in [0.15, 0.2) is 84.0 Å². The minimum absolute atomic E-state index is 0.0243. The molecule has 2 aromatic carbocycles. The van der Waals surface area contributed by atoms with E-state index in [-0.39, 0.29) is 10.8 Å². The fourth-order valence-corrected chi connectivity index (χ4v) is 3.47. The van der Waals surface area contributed by atoms with Crippen LogP contribution in [0.4, 0.5) is 5.69 Å². The number of sulfonamides is 1. The SMILES string of the molecule is NS(=O)(=O)c1ccc(NC(=O)c2cc(-c3cccnc3)nc3ccccc23)cc1. The van der Waals surface area contributed by atoms with Gasteiger partial charge in [0.2, 0.25) is 10.0 Å². The van der Waals surface area contributed by atoms with E-state index in [1.807, 2.05) is 30.3 Å². The van der Waals surface area contributed by atoms with E-state index in [2.05, 4.69) is 15.3 Å². The molecule has 7 nitrogen and oxygen atoms in total. The van der Waals surface area contributed by atoms with E-state index in [9.17, 15) is 13.2 Å². The maximum atomic E-state index is 13.0. The highest BCUT2D eigenvalue weighted by molar-refractivity contribution is 7.89. The second-order valence-electron chi connectivity index (χ2n) is 6.34. The van der Waals surface area contributed by atoms with Crippen molar-refractivity contribution in [2.24, 2.45) is 5.14 Å². The molecule has 29 heavy (non-hydrogen) atoms. The molecule has 0 unspecified atom stereocenters. The number of benzene rings is 2. The smallest absolute Gasteiger partial charge is 0.256 e. The highest BCUT2D eigenvalue weighted by atomic mass is 32.2. The number of rotatable bonds is 4. The standard InChI is InChI=1S/C21H16N4O3S/c22-29(27,28)16-9-7-15(8-10-16)24-21(26)18-12-20(14-4-3-11-23-13-14)25-19-6-2-1-5-17(18)19/h1-13H,(H,24,26)(H2,22,27,28). The number of carbonyl (C=O) groups is 1. The van der Waals surface area contributed by atoms with Gasteiger partial charge >= 0.3 is 0 Å². The van der Waals surface area contributed by atoms with Crippen LogP contribution in [-0.4, -0.2) is 24.3 Å². The summed E-state index contributed by atoms with van der Waals surface area (Å²) in [6, 6.07) is 18.4. The molecule has 2 heterocycles. The van der Waals surface area contributed by atoms with Crippen molar-refractivity contribution in [3.63, 3.8) is 0 Å². The minimum Gasteiger partial charge on any atom is -0.322 e. The number of hydrogen-bond donors (Lipinski definition) is 2. The van der Waals surface area contributed by atoms with Crippen LogP contribution in [0.5, 0.6) is 0 Å². The van der Waals surface area contributed by atoms with Gasteiger partial charge in [-0.25, -0.2) is 18.5 Å². The van der Waals surface area contributed by atoms with Gasteiger partial charge in [-0.3, -0.25) is 9.78 Å². The molecule has 0 aliphatic heterocycles. The first kappa shape index (κ1) is 18.7. The van der Waals surface area contributed by atoms with Crippen LogP contribution in [0.3, 0.4) is 0 Å². The number of para-hydroxylation sites is 1. The average molecular weight is 404 g/mol. The Kier molecular flexibility index (Phi) is 4.79. The van der Waals surface area contributed by atoms with Crippen LogP contribution in [0.25, 0.3) is 22.2 Å². The molecule has 3 N–H and O–H groups in total. The summed E-state index contributed by atoms with van der Waals surface area (Å²) in [6.07, 6.45) is 3.36. The molecule has 0 atom stereocenters. The first-order valence-electron chi connectivity index (χ1n) is 8.66. The van der Waals surface area contributed by atoms with Gasteiger partial charge < -0.3 is 5.32 Å². The lowest BCUT2D eigenvalue weighted by Crippen LogP contribution is -2.14. The van der Waals surface area contributed by atoms with Crippen molar-refractivity contribution in [3.8, 4) is 11.3 Å². The third-order valence-electron chi connectivity index (χ3n) is 4.36. The van der Waals surface area contributed by atoms with Gasteiger partial charge in [0.15, 0.2) is 0 Å². The van der Waals surface area contributed by atoms with Crippen LogP contribution < -0.4 is 10.5 Å². The molecule has 0 saturated heterocycles. The van der Waals surface area contributed by atoms with Crippen LogP contribution in [0, 0.1) is 0 Å². The van der Waals surface area contributed by atoms with Crippen LogP contribution in [-0.2, 0) is 10.0 Å². The normalized spacial score (nSPS) is 11.3. The molecule has 1 amide bonds. The number of carbonyl (C=O) groups excluding carboxylic acids is 1. The molecule has 2 aromatic heterocycles. The summed E-state index contributed by atoms with van der Waals surface area (Å²) < 4.78 is 22.8. The Balaban J connectivity index is 1.73. The van der Waals surface area contributed by atoms with Crippen LogP contribution in [0.1, 0.15) is 10.4 Å². The molecule has 0 saturated carbocycles. The number of pyridine rings is 2. The molecular weight excluding hydrogens is 388 g/mol. The molecule has 0 bridgehead atoms. The van der Waals surface area contributed by atoms with Gasteiger partial charge in [0.1, 0.15) is 0 Å². The first-order valence-corrected chi connectivity index (χ1v) is 10.2. The van der Waals surface area contributed by atoms with Crippen LogP contribution in [0.2, 0.25) is 0 Å². The third-order valence-corrected chi connectivity index (χ3v) is 5.29. The zero-order valence-electron chi connectivity index (χ0n) is 15.1. The minimum atomic E-state index is -3.79. The second-order valence-corrected chi connectivity index (χ2v) is 7.90. The summed E-state index contributed by atoms with van der Waals surface area (Å²) in [6.45, 7) is 0. The van der Waals surface area contributed by atoms with Gasteiger partial charge in [0.25, 0.3) is 5.91 Å². The lowest BCUT2D eigenvalue weighted by molar-refractivity contribution is 0.102. The fraction of sp³-hybridized carbons (Fsp3) is 0. The van der Waals surface area contributed by atoms with Gasteiger partial charge in [-0.05, 0) is 48.5 Å². The zero-order chi connectivity index (χ0) is 20.4. The molecule has 0 aliphatic carbocycles. The Morgan fingerprint density at radius 2 is 1.72 bits per heavy atom. The van der Waals surface area contributed by atoms with E-state index in [1.165, 1.54) is 24.3 Å². The van der Waals surface area contributed by atoms with E-state index in [0.717, 1.165) is 5.56 Å². The monoisotopic (exact) mass is 404 g/mol. The van der Waals surface area contributed by atoms with Gasteiger partial charge in [0, 0.05) is 29.0 Å². The van der Waals surface area contributed by atoms with E-state index in [1.54, 1.807) is 24.5 Å². The van der Waals surface area contributed by atoms with E-state index in [4.69, 9.17) is 5.14 Å². The number of nitrogens with one attached hydrogen (secondary N) is 1. The van der Waals surface area contributed by atoms with E-state index in [0.29, 0.717) is 27.8 Å². The number of amides is 1. The number of primary sulfonamides is 1. The Morgan fingerprint density at radius 3 is 2.41 bits per heavy atom. The second kappa shape index (κ2) is 7.42. The summed E-state index contributed by atoms with van der Waals surface area (Å²) in [5.74, 6) is -0.336. The lowest BCUT2D eigenvalue weighted by Gasteiger charge is -2.11. The number of anilines is 1. The summed E-state index contributed by atoms with van der Waals surface area (Å²) in [4.78, 5) is 21.7. The molecule has 0 radical (unpaired) electrons. The molecular formula is C21H16N4O3S. The average Bonchev–Trinajstić information content (AvgIpc) is 2.73. The van der Waals surface area contributed by atoms with Crippen LogP contribution >= 0.6 is 0 Å². The lowest BCUT2D eigenvalue weighted by atomic mass is 10.0. The highest BCUT2D eigenvalue weighted by Gasteiger charge is 2.15. The molecule has 4 aromatic rings. The third kappa shape index (κ3) is 3.98. The molecule has 144 valence electrons. The maximum Gasteiger partial charge on any atom is 0.256 e. The zero-order valence-corrected chi connectivity index (χ0v) is 15.9. The molecule has 0 aliphatic rings. The van der Waals surface area contributed by atoms with Crippen molar-refractivity contribution in [1.82, 2.24) is 9.97 Å². The molecule has 0 fully saturated rings. The summed E-state index contributed by atoms with van der Waals surface area (Å²) >= 11 is 0. The Morgan fingerprint density at radius 1 is 0.966 bits per heavy atom. The Hall–Kier alpha value is -3.62. The van der Waals surface area contributed by atoms with Crippen molar-refractivity contribution in [1.29, 1.82) is 0 Å². The summed E-state index contributed by atoms with van der Waals surface area (Å²) in [5, 5.41) is 8.60. The largest absolute Gasteiger partial charge is 0.322 e. The number of nitrogens with two attached hydrogens (primary N) is 1. The van der Waals surface area contributed by atoms with Gasteiger partial charge in [-0.2, -0.15) is 0 Å². The predicted octanol–water partition coefficient (Wildman–Crippen LogP) is 3.20. The Bertz CT molecular complexity index is 1310. The number of hydrogen-bond acceptors (Lipinski definition) is 5. The van der Waals surface area contributed by atoms with E-state index >= 15 is 0 Å². The fourth-order valence-electron chi connectivity index (χ4n) is 2.95. The van der Waals surface area contributed by atoms with Crippen molar-refractivity contribution >= 4 is 32.5 Å². The molecule has 4 rings (SSSR count). The summed E-state index contributed by atoms with van der Waals surface area (Å²) in [5.41, 5.74) is 3.01. The van der Waals surface area contributed by atoms with Crippen molar-refractivity contribution < 1.29 is 13.2 Å².